The molecule has 0 aliphatic rings. The van der Waals surface area contributed by atoms with Gasteiger partial charge >= 0.3 is 0 Å². The molecule has 0 unspecified atom stereocenters. The summed E-state index contributed by atoms with van der Waals surface area (Å²) < 4.78 is 8.67. The van der Waals surface area contributed by atoms with Gasteiger partial charge in [0, 0.05) is 32.9 Å². The molecule has 0 saturated heterocycles. The maximum absolute atomic E-state index is 6.27. The van der Waals surface area contributed by atoms with Crippen molar-refractivity contribution in [2.45, 2.75) is 0 Å². The minimum absolute atomic E-state index is 0.868. The van der Waals surface area contributed by atoms with Gasteiger partial charge in [0.1, 0.15) is 5.58 Å². The van der Waals surface area contributed by atoms with Crippen LogP contribution in [0.1, 0.15) is 0 Å². The number of rotatable bonds is 5. The molecule has 3 heteroatoms. The number of nitrogens with zero attached hydrogens (tertiary/aromatic N) is 1. The fraction of sp³-hybridized carbons (Fsp3) is 0. The van der Waals surface area contributed by atoms with Crippen LogP contribution in [0.25, 0.3) is 71.7 Å². The number of anilines is 2. The van der Waals surface area contributed by atoms with E-state index in [0.29, 0.717) is 0 Å². The van der Waals surface area contributed by atoms with Gasteiger partial charge in [-0.25, -0.2) is 0 Å². The van der Waals surface area contributed by atoms with Crippen LogP contribution in [0.2, 0.25) is 0 Å². The van der Waals surface area contributed by atoms with Crippen molar-refractivity contribution in [3.8, 4) is 27.9 Å². The fourth-order valence-corrected chi connectivity index (χ4v) is 6.66. The van der Waals surface area contributed by atoms with Gasteiger partial charge in [0.05, 0.1) is 16.7 Å². The van der Waals surface area contributed by atoms with Crippen LogP contribution < -0.4 is 5.32 Å². The van der Waals surface area contributed by atoms with Gasteiger partial charge in [-0.1, -0.05) is 115 Å². The van der Waals surface area contributed by atoms with Crippen molar-refractivity contribution in [2.24, 2.45) is 0 Å². The summed E-state index contributed by atoms with van der Waals surface area (Å²) >= 11 is 0. The number of nitrogens with one attached hydrogen (secondary N) is 1. The maximum atomic E-state index is 6.27. The first-order valence-corrected chi connectivity index (χ1v) is 15.3. The van der Waals surface area contributed by atoms with Crippen LogP contribution in [0.5, 0.6) is 0 Å². The Balaban J connectivity index is 1.15. The molecule has 0 aliphatic carbocycles. The Labute approximate surface area is 260 Å². The third-order valence-electron chi connectivity index (χ3n) is 8.76. The van der Waals surface area contributed by atoms with E-state index in [9.17, 15) is 0 Å². The molecule has 45 heavy (non-hydrogen) atoms. The summed E-state index contributed by atoms with van der Waals surface area (Å²) in [6.45, 7) is 0. The molecule has 0 spiro atoms. The van der Waals surface area contributed by atoms with Gasteiger partial charge in [0.15, 0.2) is 5.58 Å². The lowest BCUT2D eigenvalue weighted by Crippen LogP contribution is -1.95. The van der Waals surface area contributed by atoms with Gasteiger partial charge in [-0.2, -0.15) is 0 Å². The zero-order valence-corrected chi connectivity index (χ0v) is 24.4. The summed E-state index contributed by atoms with van der Waals surface area (Å²) in [7, 11) is 0. The second-order valence-electron chi connectivity index (χ2n) is 11.5. The van der Waals surface area contributed by atoms with Crippen LogP contribution >= 0.6 is 0 Å². The predicted molar refractivity (Wildman–Crippen MR) is 189 cm³/mol. The largest absolute Gasteiger partial charge is 0.454 e. The Morgan fingerprint density at radius 2 is 1.09 bits per heavy atom. The number of para-hydroxylation sites is 3. The van der Waals surface area contributed by atoms with Crippen molar-refractivity contribution in [3.05, 3.63) is 164 Å². The number of furan rings is 1. The molecule has 0 aliphatic heterocycles. The van der Waals surface area contributed by atoms with E-state index < -0.39 is 0 Å². The molecule has 2 aromatic heterocycles. The topological polar surface area (TPSA) is 30.1 Å². The molecule has 7 aromatic carbocycles. The normalized spacial score (nSPS) is 11.6. The van der Waals surface area contributed by atoms with Crippen molar-refractivity contribution >= 4 is 55.1 Å². The van der Waals surface area contributed by atoms with E-state index in [4.69, 9.17) is 4.42 Å². The van der Waals surface area contributed by atoms with Crippen molar-refractivity contribution in [3.63, 3.8) is 0 Å². The number of hydrogen-bond acceptors (Lipinski definition) is 2. The molecule has 1 N–H and O–H groups in total. The molecule has 0 saturated carbocycles. The highest BCUT2D eigenvalue weighted by Gasteiger charge is 2.15. The predicted octanol–water partition coefficient (Wildman–Crippen LogP) is 11.8. The first-order chi connectivity index (χ1) is 22.3. The molecule has 0 radical (unpaired) electrons. The summed E-state index contributed by atoms with van der Waals surface area (Å²) in [5, 5.41) is 8.37. The monoisotopic (exact) mass is 576 g/mol. The first-order valence-electron chi connectivity index (χ1n) is 15.3. The van der Waals surface area contributed by atoms with Crippen LogP contribution in [-0.2, 0) is 0 Å². The molecule has 0 fully saturated rings. The van der Waals surface area contributed by atoms with Crippen LogP contribution in [0.4, 0.5) is 11.4 Å². The van der Waals surface area contributed by atoms with E-state index in [2.05, 4.69) is 162 Å². The molecule has 0 bridgehead atoms. The third-order valence-corrected chi connectivity index (χ3v) is 8.76. The lowest BCUT2D eigenvalue weighted by Gasteiger charge is -2.12. The number of fused-ring (bicyclic) bond motifs is 6. The molecule has 9 aromatic rings. The summed E-state index contributed by atoms with van der Waals surface area (Å²) in [4.78, 5) is 0. The average Bonchev–Trinajstić information content (AvgIpc) is 3.65. The highest BCUT2D eigenvalue weighted by molar-refractivity contribution is 6.11. The number of hydrogen-bond donors (Lipinski definition) is 1. The van der Waals surface area contributed by atoms with E-state index in [1.807, 2.05) is 12.1 Å². The van der Waals surface area contributed by atoms with Crippen molar-refractivity contribution in [1.29, 1.82) is 0 Å². The van der Waals surface area contributed by atoms with E-state index >= 15 is 0 Å². The van der Waals surface area contributed by atoms with Gasteiger partial charge in [0.25, 0.3) is 0 Å². The minimum Gasteiger partial charge on any atom is -0.454 e. The Morgan fingerprint density at radius 1 is 0.422 bits per heavy atom. The van der Waals surface area contributed by atoms with Gasteiger partial charge in [0.2, 0.25) is 0 Å². The fourth-order valence-electron chi connectivity index (χ4n) is 6.66. The van der Waals surface area contributed by atoms with Gasteiger partial charge in [-0.15, -0.1) is 0 Å². The van der Waals surface area contributed by atoms with Crippen molar-refractivity contribution < 1.29 is 4.42 Å². The summed E-state index contributed by atoms with van der Waals surface area (Å²) in [6, 6.07) is 58.0. The third kappa shape index (κ3) is 4.29. The molecule has 0 amide bonds. The van der Waals surface area contributed by atoms with E-state index in [0.717, 1.165) is 50.1 Å². The van der Waals surface area contributed by atoms with Crippen molar-refractivity contribution in [2.75, 3.05) is 5.32 Å². The number of benzene rings is 7. The second kappa shape index (κ2) is 10.3. The zero-order chi connectivity index (χ0) is 29.7. The van der Waals surface area contributed by atoms with Crippen LogP contribution in [0, 0.1) is 0 Å². The summed E-state index contributed by atoms with van der Waals surface area (Å²) in [5.41, 5.74) is 12.0. The van der Waals surface area contributed by atoms with Crippen LogP contribution in [-0.4, -0.2) is 4.57 Å². The standard InChI is InChI=1S/C42H28N2O/c1-2-11-28(12-3-1)30-14-9-16-33(26-30)44-39-21-6-4-17-34(39)35-24-23-31(27-40(35)44)29-13-8-15-32(25-29)43-38-20-10-19-37-36-18-5-7-22-41(36)45-42(37)38/h1-27,43H. The first kappa shape index (κ1) is 25.4. The lowest BCUT2D eigenvalue weighted by molar-refractivity contribution is 0.670. The highest BCUT2D eigenvalue weighted by atomic mass is 16.3. The van der Waals surface area contributed by atoms with Gasteiger partial charge < -0.3 is 14.3 Å². The Bertz CT molecular complexity index is 2520. The van der Waals surface area contributed by atoms with E-state index in [-0.39, 0.29) is 0 Å². The summed E-state index contributed by atoms with van der Waals surface area (Å²) in [5.74, 6) is 0. The van der Waals surface area contributed by atoms with E-state index in [1.165, 1.54) is 32.9 Å². The van der Waals surface area contributed by atoms with E-state index in [1.54, 1.807) is 0 Å². The molecular weight excluding hydrogens is 548 g/mol. The molecule has 212 valence electrons. The highest BCUT2D eigenvalue weighted by Crippen LogP contribution is 2.38. The van der Waals surface area contributed by atoms with Crippen LogP contribution in [0.3, 0.4) is 0 Å². The number of aromatic nitrogens is 1. The van der Waals surface area contributed by atoms with Gasteiger partial charge in [-0.05, 0) is 70.8 Å². The maximum Gasteiger partial charge on any atom is 0.158 e. The van der Waals surface area contributed by atoms with Crippen LogP contribution in [0.15, 0.2) is 168 Å². The second-order valence-corrected chi connectivity index (χ2v) is 11.5. The average molecular weight is 577 g/mol. The lowest BCUT2D eigenvalue weighted by atomic mass is 10.0. The smallest absolute Gasteiger partial charge is 0.158 e. The quantitative estimate of drug-likeness (QED) is 0.221. The molecule has 3 nitrogen and oxygen atoms in total. The molecular formula is C42H28N2O. The minimum atomic E-state index is 0.868. The van der Waals surface area contributed by atoms with Crippen molar-refractivity contribution in [1.82, 2.24) is 4.57 Å². The molecule has 2 heterocycles. The Hall–Kier alpha value is -6.06. The Morgan fingerprint density at radius 3 is 2.00 bits per heavy atom. The molecule has 9 rings (SSSR count). The Kier molecular flexibility index (Phi) is 5.82. The SMILES string of the molecule is c1ccc(-c2cccc(-n3c4ccccc4c4ccc(-c5cccc(Nc6cccc7c6oc6ccccc67)c5)cc43)c2)cc1. The summed E-state index contributed by atoms with van der Waals surface area (Å²) in [6.07, 6.45) is 0. The molecule has 0 atom stereocenters. The zero-order valence-electron chi connectivity index (χ0n) is 24.4. The van der Waals surface area contributed by atoms with Gasteiger partial charge in [-0.3, -0.25) is 0 Å².